The fourth-order valence-electron chi connectivity index (χ4n) is 2.80. The molecular formula is C19H25N3O5S2. The number of aromatic nitrogens is 1. The van der Waals surface area contributed by atoms with Crippen molar-refractivity contribution in [3.05, 3.63) is 35.3 Å². The van der Waals surface area contributed by atoms with Crippen LogP contribution in [0.2, 0.25) is 0 Å². The molecule has 1 amide bonds. The van der Waals surface area contributed by atoms with E-state index in [2.05, 4.69) is 10.3 Å². The highest BCUT2D eigenvalue weighted by Crippen LogP contribution is 2.26. The van der Waals surface area contributed by atoms with E-state index in [4.69, 9.17) is 9.47 Å². The van der Waals surface area contributed by atoms with Crippen molar-refractivity contribution in [1.29, 1.82) is 0 Å². The molecule has 0 spiro atoms. The van der Waals surface area contributed by atoms with Gasteiger partial charge in [0.1, 0.15) is 16.5 Å². The lowest BCUT2D eigenvalue weighted by Crippen LogP contribution is -2.43. The quantitative estimate of drug-likeness (QED) is 0.676. The molecule has 1 N–H and O–H groups in total. The molecule has 2 heterocycles. The number of nitrogens with one attached hydrogen (secondary N) is 1. The third-order valence-corrected chi connectivity index (χ3v) is 6.98. The molecule has 0 unspecified atom stereocenters. The molecule has 1 aromatic heterocycles. The largest absolute Gasteiger partial charge is 0.491 e. The number of thiazole rings is 1. The highest BCUT2D eigenvalue weighted by molar-refractivity contribution is 7.89. The maximum atomic E-state index is 12.3. The van der Waals surface area contributed by atoms with Crippen LogP contribution in [0, 0.1) is 0 Å². The normalized spacial score (nSPS) is 15.4. The van der Waals surface area contributed by atoms with Gasteiger partial charge < -0.3 is 14.8 Å². The topological polar surface area (TPSA) is 97.8 Å². The highest BCUT2D eigenvalue weighted by atomic mass is 32.2. The van der Waals surface area contributed by atoms with Gasteiger partial charge in [0.05, 0.1) is 25.1 Å². The molecule has 1 saturated heterocycles. The van der Waals surface area contributed by atoms with Crippen molar-refractivity contribution < 1.29 is 22.7 Å². The summed E-state index contributed by atoms with van der Waals surface area (Å²) in [6, 6.07) is 7.53. The fourth-order valence-corrected chi connectivity index (χ4v) is 4.93. The zero-order valence-electron chi connectivity index (χ0n) is 16.5. The monoisotopic (exact) mass is 439 g/mol. The van der Waals surface area contributed by atoms with E-state index >= 15 is 0 Å². The lowest BCUT2D eigenvalue weighted by atomic mass is 10.2. The van der Waals surface area contributed by atoms with E-state index in [0.717, 1.165) is 11.3 Å². The first kappa shape index (κ1) is 21.7. The Bertz CT molecular complexity index is 920. The van der Waals surface area contributed by atoms with Crippen LogP contribution < -0.4 is 10.1 Å². The van der Waals surface area contributed by atoms with Crippen LogP contribution in [0.15, 0.2) is 29.6 Å². The minimum Gasteiger partial charge on any atom is -0.491 e. The Morgan fingerprint density at radius 2 is 1.97 bits per heavy atom. The Morgan fingerprint density at radius 3 is 2.62 bits per heavy atom. The number of carbonyl (C=O) groups is 1. The molecule has 0 aliphatic carbocycles. The fraction of sp³-hybridized carbons (Fsp3) is 0.474. The molecule has 0 atom stereocenters. The van der Waals surface area contributed by atoms with Crippen molar-refractivity contribution >= 4 is 27.3 Å². The molecule has 8 nitrogen and oxygen atoms in total. The van der Waals surface area contributed by atoms with Gasteiger partial charge in [0.2, 0.25) is 10.0 Å². The summed E-state index contributed by atoms with van der Waals surface area (Å²) in [5, 5.41) is 5.02. The summed E-state index contributed by atoms with van der Waals surface area (Å²) in [5.41, 5.74) is 1.16. The van der Waals surface area contributed by atoms with Crippen LogP contribution in [0.3, 0.4) is 0 Å². The Kier molecular flexibility index (Phi) is 7.23. The molecule has 1 aromatic carbocycles. The van der Waals surface area contributed by atoms with Crippen molar-refractivity contribution in [3.63, 3.8) is 0 Å². The summed E-state index contributed by atoms with van der Waals surface area (Å²) in [6.45, 7) is 5.47. The number of nitrogens with zero attached hydrogens (tertiary/aromatic N) is 2. The Labute approximate surface area is 174 Å². The smallest absolute Gasteiger partial charge is 0.270 e. The first-order valence-electron chi connectivity index (χ1n) is 9.41. The molecule has 158 valence electrons. The second-order valence-electron chi connectivity index (χ2n) is 6.81. The maximum absolute atomic E-state index is 12.3. The van der Waals surface area contributed by atoms with Crippen LogP contribution in [0.25, 0.3) is 10.6 Å². The van der Waals surface area contributed by atoms with Crippen molar-refractivity contribution in [1.82, 2.24) is 14.6 Å². The summed E-state index contributed by atoms with van der Waals surface area (Å²) < 4.78 is 36.8. The third-order valence-electron chi connectivity index (χ3n) is 4.22. The van der Waals surface area contributed by atoms with E-state index in [1.807, 2.05) is 38.1 Å². The molecule has 10 heteroatoms. The standard InChI is InChI=1S/C19H25N3O5S2/c1-14(2)27-16-5-3-15(4-6-16)19-21-17(13-28-19)18(23)20-7-12-29(24,25)22-8-10-26-11-9-22/h3-6,13-14H,7-12H2,1-2H3,(H,20,23). The van der Waals surface area contributed by atoms with Crippen molar-refractivity contribution in [2.45, 2.75) is 20.0 Å². The second kappa shape index (κ2) is 9.66. The first-order chi connectivity index (χ1) is 13.8. The number of amides is 1. The minimum atomic E-state index is -3.40. The van der Waals surface area contributed by atoms with E-state index in [-0.39, 0.29) is 30.0 Å². The molecule has 2 aromatic rings. The van der Waals surface area contributed by atoms with Gasteiger partial charge in [0.15, 0.2) is 0 Å². The van der Waals surface area contributed by atoms with E-state index < -0.39 is 10.0 Å². The lowest BCUT2D eigenvalue weighted by Gasteiger charge is -2.25. The SMILES string of the molecule is CC(C)Oc1ccc(-c2nc(C(=O)NCCS(=O)(=O)N3CCOCC3)cs2)cc1. The van der Waals surface area contributed by atoms with Crippen LogP contribution in [0.5, 0.6) is 5.75 Å². The average Bonchev–Trinajstić information content (AvgIpc) is 3.19. The predicted molar refractivity (Wildman–Crippen MR) is 112 cm³/mol. The van der Waals surface area contributed by atoms with Gasteiger partial charge in [-0.2, -0.15) is 4.31 Å². The molecule has 0 radical (unpaired) electrons. The molecule has 3 rings (SSSR count). The zero-order chi connectivity index (χ0) is 20.9. The number of rotatable bonds is 8. The molecule has 1 aliphatic rings. The van der Waals surface area contributed by atoms with Gasteiger partial charge >= 0.3 is 0 Å². The van der Waals surface area contributed by atoms with Gasteiger partial charge in [0.25, 0.3) is 5.91 Å². The van der Waals surface area contributed by atoms with Gasteiger partial charge in [-0.05, 0) is 38.1 Å². The Balaban J connectivity index is 1.54. The van der Waals surface area contributed by atoms with Gasteiger partial charge in [-0.15, -0.1) is 11.3 Å². The second-order valence-corrected chi connectivity index (χ2v) is 9.76. The number of morpholine rings is 1. The molecular weight excluding hydrogens is 414 g/mol. The van der Waals surface area contributed by atoms with Crippen LogP contribution in [-0.4, -0.2) is 68.3 Å². The molecule has 1 fully saturated rings. The molecule has 1 aliphatic heterocycles. The van der Waals surface area contributed by atoms with Crippen molar-refractivity contribution in [3.8, 4) is 16.3 Å². The van der Waals surface area contributed by atoms with Crippen molar-refractivity contribution in [2.24, 2.45) is 0 Å². The van der Waals surface area contributed by atoms with Gasteiger partial charge in [-0.3, -0.25) is 4.79 Å². The summed E-state index contributed by atoms with van der Waals surface area (Å²) >= 11 is 1.36. The van der Waals surface area contributed by atoms with E-state index in [9.17, 15) is 13.2 Å². The summed E-state index contributed by atoms with van der Waals surface area (Å²) in [4.78, 5) is 16.7. The van der Waals surface area contributed by atoms with E-state index in [0.29, 0.717) is 31.3 Å². The van der Waals surface area contributed by atoms with Gasteiger partial charge in [-0.1, -0.05) is 0 Å². The lowest BCUT2D eigenvalue weighted by molar-refractivity contribution is 0.0730. The number of carbonyl (C=O) groups excluding carboxylic acids is 1. The number of hydrogen-bond donors (Lipinski definition) is 1. The first-order valence-corrected chi connectivity index (χ1v) is 11.9. The number of ether oxygens (including phenoxy) is 2. The summed E-state index contributed by atoms with van der Waals surface area (Å²) in [7, 11) is -3.40. The number of benzene rings is 1. The Morgan fingerprint density at radius 1 is 1.28 bits per heavy atom. The van der Waals surface area contributed by atoms with Crippen molar-refractivity contribution in [2.75, 3.05) is 38.6 Å². The Hall–Kier alpha value is -2.01. The molecule has 29 heavy (non-hydrogen) atoms. The highest BCUT2D eigenvalue weighted by Gasteiger charge is 2.24. The zero-order valence-corrected chi connectivity index (χ0v) is 18.1. The van der Waals surface area contributed by atoms with Crippen LogP contribution >= 0.6 is 11.3 Å². The van der Waals surface area contributed by atoms with Gasteiger partial charge in [0, 0.05) is 30.6 Å². The summed E-state index contributed by atoms with van der Waals surface area (Å²) in [5.74, 6) is 0.247. The average molecular weight is 440 g/mol. The molecule has 0 saturated carbocycles. The van der Waals surface area contributed by atoms with Crippen LogP contribution in [0.4, 0.5) is 0 Å². The maximum Gasteiger partial charge on any atom is 0.270 e. The minimum absolute atomic E-state index is 0.0343. The van der Waals surface area contributed by atoms with Crippen LogP contribution in [0.1, 0.15) is 24.3 Å². The van der Waals surface area contributed by atoms with Crippen LogP contribution in [-0.2, 0) is 14.8 Å². The van der Waals surface area contributed by atoms with E-state index in [1.54, 1.807) is 5.38 Å². The predicted octanol–water partition coefficient (Wildman–Crippen LogP) is 1.99. The molecule has 0 bridgehead atoms. The summed E-state index contributed by atoms with van der Waals surface area (Å²) in [6.07, 6.45) is 0.100. The number of sulfonamides is 1. The van der Waals surface area contributed by atoms with E-state index in [1.165, 1.54) is 15.6 Å². The third kappa shape index (κ3) is 5.99. The van der Waals surface area contributed by atoms with Gasteiger partial charge in [-0.25, -0.2) is 13.4 Å². The number of hydrogen-bond acceptors (Lipinski definition) is 7.